The zero-order chi connectivity index (χ0) is 12.2. The Hall–Kier alpha value is -1.94. The van der Waals surface area contributed by atoms with E-state index in [9.17, 15) is 0 Å². The highest BCUT2D eigenvalue weighted by Gasteiger charge is 2.20. The van der Waals surface area contributed by atoms with Gasteiger partial charge in [-0.05, 0) is 25.0 Å². The molecule has 18 heavy (non-hydrogen) atoms. The van der Waals surface area contributed by atoms with Crippen LogP contribution in [-0.2, 0) is 6.54 Å². The van der Waals surface area contributed by atoms with Gasteiger partial charge in [0.1, 0.15) is 5.75 Å². The molecular formula is C14H15N3O. The van der Waals surface area contributed by atoms with Crippen molar-refractivity contribution in [1.29, 1.82) is 0 Å². The highest BCUT2D eigenvalue weighted by Crippen LogP contribution is 2.20. The molecule has 4 heteroatoms. The van der Waals surface area contributed by atoms with Gasteiger partial charge in [-0.15, -0.1) is 0 Å². The van der Waals surface area contributed by atoms with Gasteiger partial charge in [0.15, 0.2) is 0 Å². The third-order valence-corrected chi connectivity index (χ3v) is 2.78. The molecule has 1 aromatic carbocycles. The molecule has 0 bridgehead atoms. The average Bonchev–Trinajstić information content (AvgIpc) is 3.22. The van der Waals surface area contributed by atoms with Gasteiger partial charge < -0.3 is 10.1 Å². The summed E-state index contributed by atoms with van der Waals surface area (Å²) in [6.45, 7) is 0.754. The molecule has 0 spiro atoms. The van der Waals surface area contributed by atoms with Crippen LogP contribution in [0.4, 0.5) is 0 Å². The van der Waals surface area contributed by atoms with Gasteiger partial charge in [0.05, 0.1) is 11.9 Å². The van der Waals surface area contributed by atoms with Crippen molar-refractivity contribution in [3.05, 3.63) is 48.4 Å². The Morgan fingerprint density at radius 3 is 2.78 bits per heavy atom. The molecule has 1 N–H and O–H groups in total. The second kappa shape index (κ2) is 5.14. The predicted molar refractivity (Wildman–Crippen MR) is 68.4 cm³/mol. The summed E-state index contributed by atoms with van der Waals surface area (Å²) in [5.41, 5.74) is 0.912. The smallest absolute Gasteiger partial charge is 0.238 e. The minimum absolute atomic E-state index is 0.538. The summed E-state index contributed by atoms with van der Waals surface area (Å²) >= 11 is 0. The molecule has 92 valence electrons. The largest absolute Gasteiger partial charge is 0.437 e. The van der Waals surface area contributed by atoms with Crippen molar-refractivity contribution in [1.82, 2.24) is 15.3 Å². The number of ether oxygens (including phenoxy) is 1. The number of nitrogens with zero attached hydrogens (tertiary/aromatic N) is 2. The minimum Gasteiger partial charge on any atom is -0.437 e. The monoisotopic (exact) mass is 241 g/mol. The van der Waals surface area contributed by atoms with E-state index in [-0.39, 0.29) is 0 Å². The van der Waals surface area contributed by atoms with E-state index in [1.165, 1.54) is 12.8 Å². The fourth-order valence-electron chi connectivity index (χ4n) is 1.67. The van der Waals surface area contributed by atoms with E-state index in [2.05, 4.69) is 15.3 Å². The molecular weight excluding hydrogens is 226 g/mol. The van der Waals surface area contributed by atoms with E-state index in [0.717, 1.165) is 18.0 Å². The Morgan fingerprint density at radius 2 is 2.00 bits per heavy atom. The van der Waals surface area contributed by atoms with Crippen LogP contribution in [0.5, 0.6) is 11.6 Å². The maximum absolute atomic E-state index is 5.64. The van der Waals surface area contributed by atoms with Crippen molar-refractivity contribution in [3.8, 4) is 11.6 Å². The first kappa shape index (κ1) is 11.2. The molecule has 1 fully saturated rings. The zero-order valence-electron chi connectivity index (χ0n) is 10.0. The first-order chi connectivity index (χ1) is 8.90. The fourth-order valence-corrected chi connectivity index (χ4v) is 1.67. The molecule has 1 aliphatic carbocycles. The third-order valence-electron chi connectivity index (χ3n) is 2.78. The van der Waals surface area contributed by atoms with Crippen LogP contribution in [-0.4, -0.2) is 16.0 Å². The van der Waals surface area contributed by atoms with Crippen molar-refractivity contribution in [3.63, 3.8) is 0 Å². The van der Waals surface area contributed by atoms with Crippen LogP contribution < -0.4 is 10.1 Å². The van der Waals surface area contributed by atoms with Crippen molar-refractivity contribution >= 4 is 0 Å². The van der Waals surface area contributed by atoms with Gasteiger partial charge in [0, 0.05) is 18.8 Å². The Morgan fingerprint density at radius 1 is 1.17 bits per heavy atom. The summed E-state index contributed by atoms with van der Waals surface area (Å²) in [6, 6.07) is 10.3. The van der Waals surface area contributed by atoms with Crippen LogP contribution in [0, 0.1) is 0 Å². The minimum atomic E-state index is 0.538. The molecule has 0 unspecified atom stereocenters. The molecule has 0 amide bonds. The first-order valence-electron chi connectivity index (χ1n) is 6.17. The molecule has 1 saturated carbocycles. The Bertz CT molecular complexity index is 511. The molecule has 0 saturated heterocycles. The van der Waals surface area contributed by atoms with Gasteiger partial charge in [0.25, 0.3) is 0 Å². The molecule has 0 atom stereocenters. The topological polar surface area (TPSA) is 47.0 Å². The molecule has 1 aliphatic rings. The Kier molecular flexibility index (Phi) is 3.19. The number of nitrogens with one attached hydrogen (secondary N) is 1. The predicted octanol–water partition coefficient (Wildman–Crippen LogP) is 2.52. The van der Waals surface area contributed by atoms with Gasteiger partial charge in [0.2, 0.25) is 5.88 Å². The third kappa shape index (κ3) is 3.05. The lowest BCUT2D eigenvalue weighted by Gasteiger charge is -2.06. The molecule has 0 radical (unpaired) electrons. The number of hydrogen-bond acceptors (Lipinski definition) is 4. The first-order valence-corrected chi connectivity index (χ1v) is 6.17. The van der Waals surface area contributed by atoms with Gasteiger partial charge in [-0.3, -0.25) is 4.98 Å². The van der Waals surface area contributed by atoms with Gasteiger partial charge in [-0.1, -0.05) is 18.2 Å². The summed E-state index contributed by atoms with van der Waals surface area (Å²) < 4.78 is 5.64. The lowest BCUT2D eigenvalue weighted by Crippen LogP contribution is -2.16. The standard InChI is InChI=1S/C14H15N3O/c1-2-4-13(5-3-1)18-14-10-15-8-12(17-14)9-16-11-6-7-11/h1-5,8,10-11,16H,6-7,9H2. The maximum atomic E-state index is 5.64. The molecule has 4 nitrogen and oxygen atoms in total. The SMILES string of the molecule is c1ccc(Oc2cncc(CNC3CC3)n2)cc1. The van der Waals surface area contributed by atoms with Crippen LogP contribution in [0.15, 0.2) is 42.7 Å². The Balaban J connectivity index is 1.66. The zero-order valence-corrected chi connectivity index (χ0v) is 10.0. The highest BCUT2D eigenvalue weighted by atomic mass is 16.5. The van der Waals surface area contributed by atoms with Crippen LogP contribution in [0.1, 0.15) is 18.5 Å². The number of aromatic nitrogens is 2. The quantitative estimate of drug-likeness (QED) is 0.873. The van der Waals surface area contributed by atoms with Gasteiger partial charge in [-0.25, -0.2) is 4.98 Å². The number of hydrogen-bond donors (Lipinski definition) is 1. The molecule has 0 aliphatic heterocycles. The summed E-state index contributed by atoms with van der Waals surface area (Å²) in [5, 5.41) is 3.41. The summed E-state index contributed by atoms with van der Waals surface area (Å²) in [4.78, 5) is 8.57. The molecule has 1 heterocycles. The fraction of sp³-hybridized carbons (Fsp3) is 0.286. The summed E-state index contributed by atoms with van der Waals surface area (Å²) in [5.74, 6) is 1.32. The van der Waals surface area contributed by atoms with Crippen LogP contribution >= 0.6 is 0 Å². The van der Waals surface area contributed by atoms with Crippen LogP contribution in [0.2, 0.25) is 0 Å². The number of benzene rings is 1. The normalized spacial score (nSPS) is 14.4. The van der Waals surface area contributed by atoms with Gasteiger partial charge in [-0.2, -0.15) is 0 Å². The van der Waals surface area contributed by atoms with Crippen LogP contribution in [0.25, 0.3) is 0 Å². The van der Waals surface area contributed by atoms with Crippen molar-refractivity contribution in [2.45, 2.75) is 25.4 Å². The summed E-state index contributed by atoms with van der Waals surface area (Å²) in [7, 11) is 0. The van der Waals surface area contributed by atoms with E-state index in [1.54, 1.807) is 12.4 Å². The lowest BCUT2D eigenvalue weighted by molar-refractivity contribution is 0.456. The maximum Gasteiger partial charge on any atom is 0.238 e. The van der Waals surface area contributed by atoms with Crippen LogP contribution in [0.3, 0.4) is 0 Å². The number of rotatable bonds is 5. The van der Waals surface area contributed by atoms with E-state index in [0.29, 0.717) is 11.9 Å². The second-order valence-corrected chi connectivity index (χ2v) is 4.42. The van der Waals surface area contributed by atoms with Crippen molar-refractivity contribution in [2.24, 2.45) is 0 Å². The average molecular weight is 241 g/mol. The highest BCUT2D eigenvalue weighted by molar-refractivity contribution is 5.25. The number of para-hydroxylation sites is 1. The summed E-state index contributed by atoms with van der Waals surface area (Å²) in [6.07, 6.45) is 5.95. The van der Waals surface area contributed by atoms with Gasteiger partial charge >= 0.3 is 0 Å². The van der Waals surface area contributed by atoms with E-state index >= 15 is 0 Å². The van der Waals surface area contributed by atoms with E-state index in [4.69, 9.17) is 4.74 Å². The molecule has 2 aromatic rings. The van der Waals surface area contributed by atoms with E-state index in [1.807, 2.05) is 30.3 Å². The van der Waals surface area contributed by atoms with Crippen molar-refractivity contribution < 1.29 is 4.74 Å². The lowest BCUT2D eigenvalue weighted by atomic mass is 10.3. The van der Waals surface area contributed by atoms with Crippen molar-refractivity contribution in [2.75, 3.05) is 0 Å². The Labute approximate surface area is 106 Å². The van der Waals surface area contributed by atoms with E-state index < -0.39 is 0 Å². The molecule has 1 aromatic heterocycles. The second-order valence-electron chi connectivity index (χ2n) is 4.42. The molecule has 3 rings (SSSR count).